The fourth-order valence-corrected chi connectivity index (χ4v) is 1.87. The minimum absolute atomic E-state index is 0.289. The second-order valence-electron chi connectivity index (χ2n) is 2.82. The molecule has 0 aliphatic rings. The van der Waals surface area contributed by atoms with Gasteiger partial charge in [0.15, 0.2) is 4.77 Å². The Kier molecular flexibility index (Phi) is 2.00. The molecule has 13 heavy (non-hydrogen) atoms. The quantitative estimate of drug-likeness (QED) is 0.699. The zero-order valence-corrected chi connectivity index (χ0v) is 9.14. The lowest BCUT2D eigenvalue weighted by Gasteiger charge is -1.99. The highest BCUT2D eigenvalue weighted by Gasteiger charge is 2.09. The Labute approximate surface area is 87.3 Å². The SMILES string of the molecule is Cc1cc(F)c2[nH]c(=S)[nH]c2c1Br. The molecule has 2 rings (SSSR count). The molecule has 0 atom stereocenters. The van der Waals surface area contributed by atoms with Gasteiger partial charge < -0.3 is 9.97 Å². The van der Waals surface area contributed by atoms with Crippen LogP contribution in [0.2, 0.25) is 0 Å². The average Bonchev–Trinajstić information content (AvgIpc) is 2.44. The molecular weight excluding hydrogens is 255 g/mol. The summed E-state index contributed by atoms with van der Waals surface area (Å²) in [7, 11) is 0. The molecule has 1 aromatic heterocycles. The van der Waals surface area contributed by atoms with Gasteiger partial charge in [-0.1, -0.05) is 0 Å². The summed E-state index contributed by atoms with van der Waals surface area (Å²) in [4.78, 5) is 5.63. The van der Waals surface area contributed by atoms with Gasteiger partial charge in [-0.25, -0.2) is 4.39 Å². The molecule has 0 saturated carbocycles. The van der Waals surface area contributed by atoms with E-state index < -0.39 is 0 Å². The van der Waals surface area contributed by atoms with Crippen LogP contribution in [0.1, 0.15) is 5.56 Å². The van der Waals surface area contributed by atoms with Gasteiger partial charge in [-0.2, -0.15) is 0 Å². The Bertz CT molecular complexity index is 529. The Morgan fingerprint density at radius 2 is 2.00 bits per heavy atom. The first-order valence-corrected chi connectivity index (χ1v) is 4.86. The molecule has 0 bridgehead atoms. The van der Waals surface area contributed by atoms with Crippen molar-refractivity contribution in [2.24, 2.45) is 0 Å². The fraction of sp³-hybridized carbons (Fsp3) is 0.125. The summed E-state index contributed by atoms with van der Waals surface area (Å²) >= 11 is 8.24. The maximum absolute atomic E-state index is 13.3. The van der Waals surface area contributed by atoms with Gasteiger partial charge in [0.25, 0.3) is 0 Å². The van der Waals surface area contributed by atoms with E-state index in [2.05, 4.69) is 25.9 Å². The van der Waals surface area contributed by atoms with Crippen LogP contribution in [0, 0.1) is 17.5 Å². The Morgan fingerprint density at radius 3 is 2.69 bits per heavy atom. The van der Waals surface area contributed by atoms with Crippen LogP contribution in [0.5, 0.6) is 0 Å². The van der Waals surface area contributed by atoms with Crippen LogP contribution < -0.4 is 0 Å². The van der Waals surface area contributed by atoms with Crippen LogP contribution in [0.3, 0.4) is 0 Å². The zero-order valence-electron chi connectivity index (χ0n) is 6.74. The van der Waals surface area contributed by atoms with E-state index in [1.165, 1.54) is 6.07 Å². The Hall–Kier alpha value is -0.680. The number of hydrogen-bond acceptors (Lipinski definition) is 1. The van der Waals surface area contributed by atoms with Crippen molar-refractivity contribution in [3.8, 4) is 0 Å². The summed E-state index contributed by atoms with van der Waals surface area (Å²) in [5, 5.41) is 0. The van der Waals surface area contributed by atoms with Crippen LogP contribution in [-0.2, 0) is 0 Å². The van der Waals surface area contributed by atoms with Crippen molar-refractivity contribution in [2.45, 2.75) is 6.92 Å². The Balaban J connectivity index is 3.04. The van der Waals surface area contributed by atoms with E-state index in [0.29, 0.717) is 15.8 Å². The number of imidazole rings is 1. The summed E-state index contributed by atoms with van der Waals surface area (Å²) in [5.41, 5.74) is 1.94. The molecule has 68 valence electrons. The van der Waals surface area contributed by atoms with E-state index in [-0.39, 0.29) is 5.82 Å². The number of aromatic amines is 2. The van der Waals surface area contributed by atoms with Gasteiger partial charge in [0.1, 0.15) is 11.3 Å². The van der Waals surface area contributed by atoms with Crippen LogP contribution in [0.25, 0.3) is 11.0 Å². The highest BCUT2D eigenvalue weighted by Crippen LogP contribution is 2.27. The van der Waals surface area contributed by atoms with Crippen molar-refractivity contribution in [3.05, 3.63) is 26.7 Å². The largest absolute Gasteiger partial charge is 0.330 e. The number of aryl methyl sites for hydroxylation is 1. The summed E-state index contributed by atoms with van der Waals surface area (Å²) in [6, 6.07) is 1.46. The van der Waals surface area contributed by atoms with E-state index in [1.807, 2.05) is 6.92 Å². The van der Waals surface area contributed by atoms with Crippen molar-refractivity contribution in [2.75, 3.05) is 0 Å². The average molecular weight is 261 g/mol. The standard InChI is InChI=1S/C8H6BrFN2S/c1-3-2-4(10)6-7(5(3)9)12-8(13)11-6/h2H,1H3,(H2,11,12,13). The van der Waals surface area contributed by atoms with Crippen molar-refractivity contribution < 1.29 is 4.39 Å². The number of aromatic nitrogens is 2. The third kappa shape index (κ3) is 1.32. The third-order valence-electron chi connectivity index (χ3n) is 1.87. The lowest BCUT2D eigenvalue weighted by atomic mass is 10.2. The number of nitrogens with one attached hydrogen (secondary N) is 2. The molecule has 0 aliphatic carbocycles. The van der Waals surface area contributed by atoms with Gasteiger partial charge in [0.05, 0.1) is 5.52 Å². The molecule has 0 fully saturated rings. The second-order valence-corrected chi connectivity index (χ2v) is 4.02. The van der Waals surface area contributed by atoms with Gasteiger partial charge in [-0.05, 0) is 46.7 Å². The molecule has 5 heteroatoms. The van der Waals surface area contributed by atoms with E-state index >= 15 is 0 Å². The lowest BCUT2D eigenvalue weighted by molar-refractivity contribution is 0.636. The van der Waals surface area contributed by atoms with Crippen LogP contribution in [0.15, 0.2) is 10.5 Å². The van der Waals surface area contributed by atoms with Crippen molar-refractivity contribution in [1.82, 2.24) is 9.97 Å². The predicted molar refractivity (Wildman–Crippen MR) is 55.9 cm³/mol. The topological polar surface area (TPSA) is 31.6 Å². The first kappa shape index (κ1) is 8.90. The number of benzene rings is 1. The second kappa shape index (κ2) is 2.92. The molecule has 1 aromatic carbocycles. The normalized spacial score (nSPS) is 11.0. The van der Waals surface area contributed by atoms with E-state index in [1.54, 1.807) is 0 Å². The summed E-state index contributed by atoms with van der Waals surface area (Å²) in [5.74, 6) is -0.289. The maximum atomic E-state index is 13.3. The minimum Gasteiger partial charge on any atom is -0.330 e. The van der Waals surface area contributed by atoms with E-state index in [0.717, 1.165) is 10.0 Å². The maximum Gasteiger partial charge on any atom is 0.175 e. The number of rotatable bonds is 0. The van der Waals surface area contributed by atoms with Gasteiger partial charge in [-0.3, -0.25) is 0 Å². The van der Waals surface area contributed by atoms with Crippen LogP contribution in [0.4, 0.5) is 4.39 Å². The monoisotopic (exact) mass is 260 g/mol. The molecule has 2 N–H and O–H groups in total. The number of halogens is 2. The highest BCUT2D eigenvalue weighted by molar-refractivity contribution is 9.10. The van der Waals surface area contributed by atoms with Gasteiger partial charge in [0.2, 0.25) is 0 Å². The summed E-state index contributed by atoms with van der Waals surface area (Å²) < 4.78 is 14.6. The number of fused-ring (bicyclic) bond motifs is 1. The molecule has 0 unspecified atom stereocenters. The van der Waals surface area contributed by atoms with Crippen LogP contribution >= 0.6 is 28.1 Å². The zero-order chi connectivity index (χ0) is 9.59. The number of hydrogen-bond donors (Lipinski definition) is 2. The molecule has 2 aromatic rings. The van der Waals surface area contributed by atoms with E-state index in [4.69, 9.17) is 12.2 Å². The minimum atomic E-state index is -0.289. The summed E-state index contributed by atoms with van der Waals surface area (Å²) in [6.45, 7) is 1.83. The van der Waals surface area contributed by atoms with Crippen molar-refractivity contribution in [3.63, 3.8) is 0 Å². The smallest absolute Gasteiger partial charge is 0.175 e. The number of H-pyrrole nitrogens is 2. The predicted octanol–water partition coefficient (Wildman–Crippen LogP) is 3.44. The molecule has 0 amide bonds. The molecule has 0 saturated heterocycles. The third-order valence-corrected chi connectivity index (χ3v) is 3.10. The first-order chi connectivity index (χ1) is 6.09. The summed E-state index contributed by atoms with van der Waals surface area (Å²) in [6.07, 6.45) is 0. The van der Waals surface area contributed by atoms with Gasteiger partial charge >= 0.3 is 0 Å². The molecule has 0 aliphatic heterocycles. The fourth-order valence-electron chi connectivity index (χ4n) is 1.25. The molecule has 0 radical (unpaired) electrons. The first-order valence-electron chi connectivity index (χ1n) is 3.66. The lowest BCUT2D eigenvalue weighted by Crippen LogP contribution is -1.83. The van der Waals surface area contributed by atoms with Crippen LogP contribution in [-0.4, -0.2) is 9.97 Å². The van der Waals surface area contributed by atoms with Crippen molar-refractivity contribution >= 4 is 39.2 Å². The van der Waals surface area contributed by atoms with Gasteiger partial charge in [0, 0.05) is 4.47 Å². The molecule has 0 spiro atoms. The molecule has 2 nitrogen and oxygen atoms in total. The highest BCUT2D eigenvalue weighted by atomic mass is 79.9. The van der Waals surface area contributed by atoms with Crippen molar-refractivity contribution in [1.29, 1.82) is 0 Å². The van der Waals surface area contributed by atoms with Gasteiger partial charge in [-0.15, -0.1) is 0 Å². The Morgan fingerprint density at radius 1 is 1.38 bits per heavy atom. The van der Waals surface area contributed by atoms with E-state index in [9.17, 15) is 4.39 Å². The molecule has 1 heterocycles. The molecular formula is C8H6BrFN2S.